The van der Waals surface area contributed by atoms with Crippen molar-refractivity contribution in [1.29, 1.82) is 5.26 Å². The van der Waals surface area contributed by atoms with Gasteiger partial charge in [-0.15, -0.1) is 0 Å². The minimum Gasteiger partial charge on any atom is -0.365 e. The van der Waals surface area contributed by atoms with Gasteiger partial charge in [0, 0.05) is 19.3 Å². The van der Waals surface area contributed by atoms with Crippen molar-refractivity contribution in [1.82, 2.24) is 5.32 Å². The minimum absolute atomic E-state index is 0.0208. The minimum atomic E-state index is 0.0208. The quantitative estimate of drug-likeness (QED) is 0.851. The molecule has 4 nitrogen and oxygen atoms in total. The molecule has 1 N–H and O–H groups in total. The number of likely N-dealkylation sites (N-methyl/N-ethyl adjacent to an activating group) is 1. The topological polar surface area (TPSA) is 56.1 Å². The number of nitrogens with one attached hydrogen (secondary N) is 1. The molecule has 4 heteroatoms. The van der Waals surface area contributed by atoms with E-state index in [1.165, 1.54) is 0 Å². The number of benzene rings is 1. The number of hydrogen-bond acceptors (Lipinski definition) is 3. The van der Waals surface area contributed by atoms with E-state index in [0.717, 1.165) is 18.7 Å². The van der Waals surface area contributed by atoms with Crippen molar-refractivity contribution >= 4 is 11.6 Å². The molecular formula is C15H21N3O. The van der Waals surface area contributed by atoms with Crippen LogP contribution in [0.3, 0.4) is 0 Å². The monoisotopic (exact) mass is 259 g/mol. The summed E-state index contributed by atoms with van der Waals surface area (Å²) in [5.74, 6) is 0.615. The number of nitriles is 1. The number of carbonyl (C=O) groups excluding carboxylic acids is 1. The third kappa shape index (κ3) is 5.43. The maximum Gasteiger partial charge on any atom is 0.239 e. The number of rotatable bonds is 6. The van der Waals surface area contributed by atoms with Gasteiger partial charge in [-0.05, 0) is 36.6 Å². The second-order valence-electron chi connectivity index (χ2n) is 5.05. The van der Waals surface area contributed by atoms with Crippen molar-refractivity contribution < 1.29 is 4.79 Å². The highest BCUT2D eigenvalue weighted by Gasteiger charge is 2.07. The summed E-state index contributed by atoms with van der Waals surface area (Å²) in [6.45, 7) is 5.31. The number of amides is 1. The number of carbonyl (C=O) groups is 1. The lowest BCUT2D eigenvalue weighted by atomic mass is 10.1. The van der Waals surface area contributed by atoms with Crippen molar-refractivity contribution in [2.45, 2.75) is 20.3 Å². The van der Waals surface area contributed by atoms with Gasteiger partial charge in [-0.2, -0.15) is 5.26 Å². The van der Waals surface area contributed by atoms with Crippen molar-refractivity contribution in [3.63, 3.8) is 0 Å². The maximum absolute atomic E-state index is 11.7. The van der Waals surface area contributed by atoms with Gasteiger partial charge in [-0.1, -0.05) is 13.8 Å². The highest BCUT2D eigenvalue weighted by Crippen LogP contribution is 2.12. The Morgan fingerprint density at radius 1 is 1.37 bits per heavy atom. The second kappa shape index (κ2) is 7.42. The van der Waals surface area contributed by atoms with Gasteiger partial charge in [0.15, 0.2) is 0 Å². The van der Waals surface area contributed by atoms with Crippen LogP contribution in [0.25, 0.3) is 0 Å². The first-order chi connectivity index (χ1) is 9.02. The molecule has 0 heterocycles. The summed E-state index contributed by atoms with van der Waals surface area (Å²) in [6, 6.07) is 9.27. The van der Waals surface area contributed by atoms with Crippen LogP contribution in [0.1, 0.15) is 25.8 Å². The number of hydrogen-bond donors (Lipinski definition) is 1. The Morgan fingerprint density at radius 2 is 2.00 bits per heavy atom. The fourth-order valence-electron chi connectivity index (χ4n) is 1.65. The van der Waals surface area contributed by atoms with Crippen LogP contribution in [0.15, 0.2) is 24.3 Å². The molecule has 0 aliphatic carbocycles. The lowest BCUT2D eigenvalue weighted by Gasteiger charge is -2.19. The first-order valence-corrected chi connectivity index (χ1v) is 6.51. The lowest BCUT2D eigenvalue weighted by Crippen LogP contribution is -2.35. The molecule has 0 unspecified atom stereocenters. The van der Waals surface area contributed by atoms with Gasteiger partial charge in [0.25, 0.3) is 0 Å². The smallest absolute Gasteiger partial charge is 0.239 e. The Balaban J connectivity index is 2.43. The van der Waals surface area contributed by atoms with Crippen molar-refractivity contribution in [3.8, 4) is 6.07 Å². The molecule has 0 fully saturated rings. The SMILES string of the molecule is CC(C)CCNC(=O)CN(C)c1ccc(C#N)cc1. The molecular weight excluding hydrogens is 238 g/mol. The average Bonchev–Trinajstić information content (AvgIpc) is 2.38. The zero-order valence-electron chi connectivity index (χ0n) is 11.8. The van der Waals surface area contributed by atoms with E-state index >= 15 is 0 Å². The summed E-state index contributed by atoms with van der Waals surface area (Å²) in [6.07, 6.45) is 0.992. The summed E-state index contributed by atoms with van der Waals surface area (Å²) < 4.78 is 0. The normalized spacial score (nSPS) is 10.1. The van der Waals surface area contributed by atoms with Crippen molar-refractivity contribution in [2.24, 2.45) is 5.92 Å². The molecule has 0 spiro atoms. The van der Waals surface area contributed by atoms with E-state index in [4.69, 9.17) is 5.26 Å². The Bertz CT molecular complexity index is 445. The molecule has 0 saturated carbocycles. The van der Waals surface area contributed by atoms with Crippen LogP contribution in [0.5, 0.6) is 0 Å². The standard InChI is InChI=1S/C15H21N3O/c1-12(2)8-9-17-15(19)11-18(3)14-6-4-13(10-16)5-7-14/h4-7,12H,8-9,11H2,1-3H3,(H,17,19). The number of nitrogens with zero attached hydrogens (tertiary/aromatic N) is 2. The van der Waals surface area contributed by atoms with Gasteiger partial charge in [-0.3, -0.25) is 4.79 Å². The van der Waals surface area contributed by atoms with Crippen LogP contribution in [-0.2, 0) is 4.79 Å². The third-order valence-corrected chi connectivity index (χ3v) is 2.86. The molecule has 0 atom stereocenters. The molecule has 0 aromatic heterocycles. The molecule has 19 heavy (non-hydrogen) atoms. The summed E-state index contributed by atoms with van der Waals surface area (Å²) in [4.78, 5) is 13.6. The molecule has 1 aromatic rings. The van der Waals surface area contributed by atoms with E-state index in [-0.39, 0.29) is 5.91 Å². The second-order valence-corrected chi connectivity index (χ2v) is 5.05. The molecule has 1 amide bonds. The fraction of sp³-hybridized carbons (Fsp3) is 0.467. The first-order valence-electron chi connectivity index (χ1n) is 6.51. The molecule has 0 aliphatic heterocycles. The van der Waals surface area contributed by atoms with Crippen LogP contribution in [0.4, 0.5) is 5.69 Å². The average molecular weight is 259 g/mol. The summed E-state index contributed by atoms with van der Waals surface area (Å²) in [5.41, 5.74) is 1.55. The zero-order chi connectivity index (χ0) is 14.3. The van der Waals surface area contributed by atoms with Crippen LogP contribution < -0.4 is 10.2 Å². The van der Waals surface area contributed by atoms with Gasteiger partial charge in [-0.25, -0.2) is 0 Å². The van der Waals surface area contributed by atoms with Gasteiger partial charge >= 0.3 is 0 Å². The van der Waals surface area contributed by atoms with Crippen molar-refractivity contribution in [2.75, 3.05) is 25.0 Å². The number of anilines is 1. The highest BCUT2D eigenvalue weighted by atomic mass is 16.2. The summed E-state index contributed by atoms with van der Waals surface area (Å²) >= 11 is 0. The molecule has 102 valence electrons. The van der Waals surface area contributed by atoms with Gasteiger partial charge in [0.2, 0.25) is 5.91 Å². The Morgan fingerprint density at radius 3 is 2.53 bits per heavy atom. The molecule has 0 saturated heterocycles. The van der Waals surface area contributed by atoms with Crippen LogP contribution in [-0.4, -0.2) is 26.0 Å². The maximum atomic E-state index is 11.7. The van der Waals surface area contributed by atoms with E-state index in [0.29, 0.717) is 18.0 Å². The van der Waals surface area contributed by atoms with Crippen LogP contribution in [0, 0.1) is 17.2 Å². The van der Waals surface area contributed by atoms with Gasteiger partial charge < -0.3 is 10.2 Å². The fourth-order valence-corrected chi connectivity index (χ4v) is 1.65. The van der Waals surface area contributed by atoms with Gasteiger partial charge in [0.05, 0.1) is 18.2 Å². The predicted octanol–water partition coefficient (Wildman–Crippen LogP) is 2.16. The lowest BCUT2D eigenvalue weighted by molar-refractivity contribution is -0.119. The van der Waals surface area contributed by atoms with Crippen molar-refractivity contribution in [3.05, 3.63) is 29.8 Å². The van der Waals surface area contributed by atoms with E-state index in [1.807, 2.05) is 24.1 Å². The van der Waals surface area contributed by atoms with Gasteiger partial charge in [0.1, 0.15) is 0 Å². The van der Waals surface area contributed by atoms with E-state index in [9.17, 15) is 4.79 Å². The Hall–Kier alpha value is -2.02. The molecule has 1 aromatic carbocycles. The Labute approximate surface area is 115 Å². The van der Waals surface area contributed by atoms with Crippen LogP contribution >= 0.6 is 0 Å². The summed E-state index contributed by atoms with van der Waals surface area (Å²) in [5, 5.41) is 11.6. The van der Waals surface area contributed by atoms with E-state index in [2.05, 4.69) is 25.2 Å². The molecule has 0 aliphatic rings. The predicted molar refractivity (Wildman–Crippen MR) is 76.9 cm³/mol. The zero-order valence-corrected chi connectivity index (χ0v) is 11.8. The molecule has 0 bridgehead atoms. The Kier molecular flexibility index (Phi) is 5.87. The molecule has 1 rings (SSSR count). The summed E-state index contributed by atoms with van der Waals surface area (Å²) in [7, 11) is 1.86. The third-order valence-electron chi connectivity index (χ3n) is 2.86. The largest absolute Gasteiger partial charge is 0.365 e. The molecule has 0 radical (unpaired) electrons. The van der Waals surface area contributed by atoms with E-state index < -0.39 is 0 Å². The van der Waals surface area contributed by atoms with Crippen LogP contribution in [0.2, 0.25) is 0 Å². The first kappa shape index (κ1) is 15.0. The highest BCUT2D eigenvalue weighted by molar-refractivity contribution is 5.81. The van der Waals surface area contributed by atoms with E-state index in [1.54, 1.807) is 12.1 Å².